The third-order valence-corrected chi connectivity index (χ3v) is 3.96. The molecule has 1 amide bonds. The van der Waals surface area contributed by atoms with E-state index in [-0.39, 0.29) is 18.6 Å². The molecule has 1 atom stereocenters. The minimum atomic E-state index is -0.265. The number of rotatable bonds is 6. The maximum Gasteiger partial charge on any atom is 0.262 e. The highest BCUT2D eigenvalue weighted by molar-refractivity contribution is 7.13. The molecule has 0 bridgehead atoms. The Morgan fingerprint density at radius 2 is 2.15 bits per heavy atom. The van der Waals surface area contributed by atoms with Crippen LogP contribution in [0.5, 0.6) is 0 Å². The van der Waals surface area contributed by atoms with E-state index in [0.717, 1.165) is 5.56 Å². The van der Waals surface area contributed by atoms with Crippen LogP contribution < -0.4 is 10.6 Å². The molecule has 0 saturated carbocycles. The molecular formula is C14H17N3O2S. The maximum atomic E-state index is 11.5. The molecule has 0 fully saturated rings. The van der Waals surface area contributed by atoms with Gasteiger partial charge in [-0.25, -0.2) is 4.98 Å². The average molecular weight is 291 g/mol. The van der Waals surface area contributed by atoms with Gasteiger partial charge in [-0.15, -0.1) is 11.3 Å². The first-order valence-electron chi connectivity index (χ1n) is 6.30. The molecule has 0 radical (unpaired) electrons. The van der Waals surface area contributed by atoms with Crippen molar-refractivity contribution in [2.24, 2.45) is 0 Å². The largest absolute Gasteiger partial charge is 0.394 e. The highest BCUT2D eigenvalue weighted by Gasteiger charge is 2.16. The van der Waals surface area contributed by atoms with Crippen molar-refractivity contribution in [3.8, 4) is 0 Å². The van der Waals surface area contributed by atoms with Gasteiger partial charge in [0.05, 0.1) is 18.8 Å². The molecule has 5 nitrogen and oxygen atoms in total. The first-order valence-corrected chi connectivity index (χ1v) is 7.12. The summed E-state index contributed by atoms with van der Waals surface area (Å²) in [5.74, 6) is -0.159. The van der Waals surface area contributed by atoms with Gasteiger partial charge in [0.15, 0.2) is 0 Å². The van der Waals surface area contributed by atoms with E-state index >= 15 is 0 Å². The number of nitrogens with one attached hydrogen (secondary N) is 2. The maximum absolute atomic E-state index is 11.5. The number of nitrogens with zero attached hydrogens (tertiary/aromatic N) is 1. The smallest absolute Gasteiger partial charge is 0.262 e. The number of aliphatic hydroxyl groups excluding tert-OH is 1. The Balaban J connectivity index is 2.01. The third kappa shape index (κ3) is 3.63. The van der Waals surface area contributed by atoms with Crippen molar-refractivity contribution in [1.82, 2.24) is 15.6 Å². The standard InChI is InChI=1S/C14H17N3O2S/c1-15-13(19)12-8-17-14(20-12)11(9-18)16-7-10-5-3-2-4-6-10/h2-6,8,11,16,18H,7,9H2,1H3,(H,15,19). The summed E-state index contributed by atoms with van der Waals surface area (Å²) in [6, 6.07) is 9.66. The van der Waals surface area contributed by atoms with Crippen molar-refractivity contribution in [1.29, 1.82) is 0 Å². The third-order valence-electron chi connectivity index (χ3n) is 2.85. The first kappa shape index (κ1) is 14.6. The number of carbonyl (C=O) groups is 1. The van der Waals surface area contributed by atoms with Crippen molar-refractivity contribution in [2.45, 2.75) is 12.6 Å². The molecule has 0 saturated heterocycles. The van der Waals surface area contributed by atoms with Crippen molar-refractivity contribution in [2.75, 3.05) is 13.7 Å². The highest BCUT2D eigenvalue weighted by atomic mass is 32.1. The second kappa shape index (κ2) is 7.14. The van der Waals surface area contributed by atoms with E-state index in [4.69, 9.17) is 0 Å². The fraction of sp³-hybridized carbons (Fsp3) is 0.286. The van der Waals surface area contributed by atoms with Gasteiger partial charge in [0.25, 0.3) is 5.91 Å². The summed E-state index contributed by atoms with van der Waals surface area (Å²) >= 11 is 1.29. The van der Waals surface area contributed by atoms with E-state index in [9.17, 15) is 9.90 Å². The first-order chi connectivity index (χ1) is 9.74. The predicted molar refractivity (Wildman–Crippen MR) is 78.6 cm³/mol. The van der Waals surface area contributed by atoms with Gasteiger partial charge in [0, 0.05) is 13.6 Å². The molecule has 1 unspecified atom stereocenters. The van der Waals surface area contributed by atoms with Gasteiger partial charge >= 0.3 is 0 Å². The normalized spacial score (nSPS) is 12.1. The van der Waals surface area contributed by atoms with E-state index in [1.54, 1.807) is 7.05 Å². The fourth-order valence-corrected chi connectivity index (χ4v) is 2.67. The Labute approximate surface area is 121 Å². The molecule has 3 N–H and O–H groups in total. The number of hydrogen-bond acceptors (Lipinski definition) is 5. The van der Waals surface area contributed by atoms with Crippen LogP contribution in [0.3, 0.4) is 0 Å². The summed E-state index contributed by atoms with van der Waals surface area (Å²) in [6.45, 7) is 0.578. The Morgan fingerprint density at radius 3 is 2.80 bits per heavy atom. The van der Waals surface area contributed by atoms with Crippen LogP contribution in [0.4, 0.5) is 0 Å². The molecular weight excluding hydrogens is 274 g/mol. The van der Waals surface area contributed by atoms with Crippen molar-refractivity contribution in [3.63, 3.8) is 0 Å². The van der Waals surface area contributed by atoms with Gasteiger partial charge in [0.1, 0.15) is 9.88 Å². The second-order valence-electron chi connectivity index (χ2n) is 4.24. The van der Waals surface area contributed by atoms with E-state index in [1.165, 1.54) is 17.5 Å². The van der Waals surface area contributed by atoms with Gasteiger partial charge < -0.3 is 15.7 Å². The van der Waals surface area contributed by atoms with Crippen molar-refractivity contribution < 1.29 is 9.90 Å². The van der Waals surface area contributed by atoms with Gasteiger partial charge in [-0.1, -0.05) is 30.3 Å². The monoisotopic (exact) mass is 291 g/mol. The number of aliphatic hydroxyl groups is 1. The fourth-order valence-electron chi connectivity index (χ4n) is 1.74. The van der Waals surface area contributed by atoms with Crippen LogP contribution >= 0.6 is 11.3 Å². The lowest BCUT2D eigenvalue weighted by Gasteiger charge is -2.13. The number of thiazole rings is 1. The molecule has 1 aromatic carbocycles. The second-order valence-corrected chi connectivity index (χ2v) is 5.31. The summed E-state index contributed by atoms with van der Waals surface area (Å²) < 4.78 is 0. The van der Waals surface area contributed by atoms with E-state index < -0.39 is 0 Å². The topological polar surface area (TPSA) is 74.2 Å². The van der Waals surface area contributed by atoms with Gasteiger partial charge in [-0.05, 0) is 5.56 Å². The molecule has 0 aliphatic rings. The van der Waals surface area contributed by atoms with Crippen LogP contribution in [0, 0.1) is 0 Å². The van der Waals surface area contributed by atoms with Crippen molar-refractivity contribution >= 4 is 17.2 Å². The van der Waals surface area contributed by atoms with Crippen LogP contribution in [-0.4, -0.2) is 29.7 Å². The lowest BCUT2D eigenvalue weighted by molar-refractivity contribution is 0.0967. The molecule has 0 aliphatic heterocycles. The Bertz CT molecular complexity index is 557. The van der Waals surface area contributed by atoms with Crippen LogP contribution in [0.25, 0.3) is 0 Å². The molecule has 2 aromatic rings. The zero-order valence-electron chi connectivity index (χ0n) is 11.2. The molecule has 1 aromatic heterocycles. The van der Waals surface area contributed by atoms with Gasteiger partial charge in [0.2, 0.25) is 0 Å². The number of benzene rings is 1. The summed E-state index contributed by atoms with van der Waals surface area (Å²) in [4.78, 5) is 16.2. The number of aromatic nitrogens is 1. The highest BCUT2D eigenvalue weighted by Crippen LogP contribution is 2.20. The zero-order valence-corrected chi connectivity index (χ0v) is 12.0. The lowest BCUT2D eigenvalue weighted by Crippen LogP contribution is -2.23. The quantitative estimate of drug-likeness (QED) is 0.750. The molecule has 106 valence electrons. The van der Waals surface area contributed by atoms with Gasteiger partial charge in [-0.3, -0.25) is 4.79 Å². The van der Waals surface area contributed by atoms with E-state index in [0.29, 0.717) is 16.4 Å². The summed E-state index contributed by atoms with van der Waals surface area (Å²) in [5, 5.41) is 16.0. The van der Waals surface area contributed by atoms with E-state index in [2.05, 4.69) is 15.6 Å². The molecule has 20 heavy (non-hydrogen) atoms. The van der Waals surface area contributed by atoms with Crippen molar-refractivity contribution in [3.05, 3.63) is 52.0 Å². The molecule has 0 spiro atoms. The molecule has 6 heteroatoms. The Hall–Kier alpha value is -1.76. The average Bonchev–Trinajstić information content (AvgIpc) is 2.98. The Kier molecular flexibility index (Phi) is 5.23. The molecule has 2 rings (SSSR count). The van der Waals surface area contributed by atoms with Gasteiger partial charge in [-0.2, -0.15) is 0 Å². The zero-order chi connectivity index (χ0) is 14.4. The van der Waals surface area contributed by atoms with E-state index in [1.807, 2.05) is 30.3 Å². The van der Waals surface area contributed by atoms with Crippen LogP contribution in [0.1, 0.15) is 26.3 Å². The SMILES string of the molecule is CNC(=O)c1cnc(C(CO)NCc2ccccc2)s1. The predicted octanol–water partition coefficient (Wildman–Crippen LogP) is 1.33. The van der Waals surface area contributed by atoms with Crippen LogP contribution in [-0.2, 0) is 6.54 Å². The summed E-state index contributed by atoms with van der Waals surface area (Å²) in [7, 11) is 1.58. The summed E-state index contributed by atoms with van der Waals surface area (Å²) in [5.41, 5.74) is 1.13. The molecule has 0 aliphatic carbocycles. The summed E-state index contributed by atoms with van der Waals surface area (Å²) in [6.07, 6.45) is 1.53. The minimum Gasteiger partial charge on any atom is -0.394 e. The number of hydrogen-bond donors (Lipinski definition) is 3. The number of amides is 1. The van der Waals surface area contributed by atoms with Crippen LogP contribution in [0.15, 0.2) is 36.5 Å². The number of carbonyl (C=O) groups excluding carboxylic acids is 1. The van der Waals surface area contributed by atoms with Crippen LogP contribution in [0.2, 0.25) is 0 Å². The Morgan fingerprint density at radius 1 is 1.40 bits per heavy atom. The minimum absolute atomic E-state index is 0.0620. The lowest BCUT2D eigenvalue weighted by atomic mass is 10.2. The molecule has 1 heterocycles.